The topological polar surface area (TPSA) is 25.2 Å². The maximum absolute atomic E-state index is 5.58. The van der Waals surface area contributed by atoms with E-state index >= 15 is 0 Å². The van der Waals surface area contributed by atoms with Gasteiger partial charge in [0.1, 0.15) is 5.76 Å². The third-order valence-electron chi connectivity index (χ3n) is 3.59. The van der Waals surface area contributed by atoms with Crippen LogP contribution in [-0.4, -0.2) is 6.54 Å². The van der Waals surface area contributed by atoms with Crippen molar-refractivity contribution in [2.45, 2.75) is 45.1 Å². The van der Waals surface area contributed by atoms with Crippen LogP contribution in [0.3, 0.4) is 0 Å². The zero-order valence-electron chi connectivity index (χ0n) is 12.3. The lowest BCUT2D eigenvalue weighted by atomic mass is 10.0. The van der Waals surface area contributed by atoms with Gasteiger partial charge in [0.25, 0.3) is 0 Å². The molecule has 0 saturated carbocycles. The molecule has 1 aromatic heterocycles. The SMILES string of the molecule is CCCCCCCNC(c1ccccc1)c1ccco1. The zero-order chi connectivity index (χ0) is 14.0. The van der Waals surface area contributed by atoms with Gasteiger partial charge in [-0.15, -0.1) is 0 Å². The van der Waals surface area contributed by atoms with E-state index in [4.69, 9.17) is 4.42 Å². The standard InChI is InChI=1S/C18H25NO/c1-2-3-4-5-9-14-19-18(17-13-10-15-20-17)16-11-7-6-8-12-16/h6-8,10-13,15,18-19H,2-5,9,14H2,1H3. The summed E-state index contributed by atoms with van der Waals surface area (Å²) in [7, 11) is 0. The van der Waals surface area contributed by atoms with Crippen molar-refractivity contribution in [3.05, 3.63) is 60.1 Å². The first kappa shape index (κ1) is 14.9. The molecule has 2 nitrogen and oxygen atoms in total. The van der Waals surface area contributed by atoms with Gasteiger partial charge in [0.05, 0.1) is 12.3 Å². The summed E-state index contributed by atoms with van der Waals surface area (Å²) in [6, 6.07) is 14.7. The normalized spacial score (nSPS) is 12.4. The largest absolute Gasteiger partial charge is 0.467 e. The molecule has 0 spiro atoms. The molecule has 2 aromatic rings. The molecule has 108 valence electrons. The third-order valence-corrected chi connectivity index (χ3v) is 3.59. The lowest BCUT2D eigenvalue weighted by Gasteiger charge is -2.17. The van der Waals surface area contributed by atoms with Gasteiger partial charge in [0.2, 0.25) is 0 Å². The molecule has 20 heavy (non-hydrogen) atoms. The first-order chi connectivity index (χ1) is 9.92. The Morgan fingerprint density at radius 2 is 1.75 bits per heavy atom. The summed E-state index contributed by atoms with van der Waals surface area (Å²) in [5.41, 5.74) is 1.26. The van der Waals surface area contributed by atoms with Crippen molar-refractivity contribution >= 4 is 0 Å². The van der Waals surface area contributed by atoms with Gasteiger partial charge in [0.15, 0.2) is 0 Å². The van der Waals surface area contributed by atoms with Gasteiger partial charge in [-0.1, -0.05) is 62.9 Å². The van der Waals surface area contributed by atoms with E-state index in [9.17, 15) is 0 Å². The summed E-state index contributed by atoms with van der Waals surface area (Å²) in [5.74, 6) is 0.991. The molecule has 0 aliphatic heterocycles. The monoisotopic (exact) mass is 271 g/mol. The maximum atomic E-state index is 5.58. The molecule has 0 amide bonds. The van der Waals surface area contributed by atoms with Crippen LogP contribution in [0.1, 0.15) is 56.4 Å². The average molecular weight is 271 g/mol. The third kappa shape index (κ3) is 4.53. The second-order valence-corrected chi connectivity index (χ2v) is 5.23. The smallest absolute Gasteiger partial charge is 0.125 e. The van der Waals surface area contributed by atoms with Crippen LogP contribution in [0.15, 0.2) is 53.1 Å². The fourth-order valence-corrected chi connectivity index (χ4v) is 2.46. The average Bonchev–Trinajstić information content (AvgIpc) is 3.01. The van der Waals surface area contributed by atoms with Gasteiger partial charge in [-0.05, 0) is 30.7 Å². The number of rotatable bonds is 9. The second-order valence-electron chi connectivity index (χ2n) is 5.23. The van der Waals surface area contributed by atoms with Crippen molar-refractivity contribution in [2.75, 3.05) is 6.54 Å². The van der Waals surface area contributed by atoms with Crippen LogP contribution >= 0.6 is 0 Å². The van der Waals surface area contributed by atoms with Crippen molar-refractivity contribution in [1.82, 2.24) is 5.32 Å². The van der Waals surface area contributed by atoms with Gasteiger partial charge in [0, 0.05) is 0 Å². The van der Waals surface area contributed by atoms with E-state index < -0.39 is 0 Å². The van der Waals surface area contributed by atoms with Gasteiger partial charge < -0.3 is 9.73 Å². The maximum Gasteiger partial charge on any atom is 0.125 e. The summed E-state index contributed by atoms with van der Waals surface area (Å²) in [6.07, 6.45) is 8.26. The molecule has 2 rings (SSSR count). The molecule has 2 heteroatoms. The molecule has 1 unspecified atom stereocenters. The molecule has 0 saturated heterocycles. The first-order valence-electron chi connectivity index (χ1n) is 7.73. The molecule has 0 aliphatic rings. The van der Waals surface area contributed by atoms with Crippen molar-refractivity contribution in [3.8, 4) is 0 Å². The Labute approximate surface area is 122 Å². The zero-order valence-corrected chi connectivity index (χ0v) is 12.3. The molecule has 1 aromatic carbocycles. The second kappa shape index (κ2) is 8.60. The predicted octanol–water partition coefficient (Wildman–Crippen LogP) is 4.93. The summed E-state index contributed by atoms with van der Waals surface area (Å²) in [6.45, 7) is 3.28. The number of benzene rings is 1. The Morgan fingerprint density at radius 3 is 2.45 bits per heavy atom. The number of hydrogen-bond acceptors (Lipinski definition) is 2. The van der Waals surface area contributed by atoms with Crippen LogP contribution in [-0.2, 0) is 0 Å². The molecule has 0 radical (unpaired) electrons. The summed E-state index contributed by atoms with van der Waals surface area (Å²) >= 11 is 0. The Balaban J connectivity index is 1.88. The van der Waals surface area contributed by atoms with E-state index in [2.05, 4.69) is 36.5 Å². The fraction of sp³-hybridized carbons (Fsp3) is 0.444. The van der Waals surface area contributed by atoms with E-state index in [0.717, 1.165) is 12.3 Å². The van der Waals surface area contributed by atoms with Gasteiger partial charge in [-0.25, -0.2) is 0 Å². The highest BCUT2D eigenvalue weighted by atomic mass is 16.3. The van der Waals surface area contributed by atoms with Crippen LogP contribution < -0.4 is 5.32 Å². The van der Waals surface area contributed by atoms with E-state index in [-0.39, 0.29) is 6.04 Å². The lowest BCUT2D eigenvalue weighted by molar-refractivity contribution is 0.440. The minimum absolute atomic E-state index is 0.164. The summed E-state index contributed by atoms with van der Waals surface area (Å²) < 4.78 is 5.58. The Bertz CT molecular complexity index is 450. The van der Waals surface area contributed by atoms with E-state index in [1.54, 1.807) is 6.26 Å². The van der Waals surface area contributed by atoms with Crippen LogP contribution in [0, 0.1) is 0 Å². The number of furan rings is 1. The highest BCUT2D eigenvalue weighted by molar-refractivity contribution is 5.26. The van der Waals surface area contributed by atoms with E-state index in [1.807, 2.05) is 18.2 Å². The number of hydrogen-bond donors (Lipinski definition) is 1. The van der Waals surface area contributed by atoms with Crippen LogP contribution in [0.25, 0.3) is 0 Å². The van der Waals surface area contributed by atoms with Crippen LogP contribution in [0.5, 0.6) is 0 Å². The van der Waals surface area contributed by atoms with Crippen molar-refractivity contribution in [1.29, 1.82) is 0 Å². The molecule has 0 aliphatic carbocycles. The Hall–Kier alpha value is -1.54. The van der Waals surface area contributed by atoms with E-state index in [1.165, 1.54) is 37.7 Å². The van der Waals surface area contributed by atoms with Gasteiger partial charge in [-0.2, -0.15) is 0 Å². The first-order valence-corrected chi connectivity index (χ1v) is 7.73. The lowest BCUT2D eigenvalue weighted by Crippen LogP contribution is -2.23. The molecule has 1 atom stereocenters. The van der Waals surface area contributed by atoms with Crippen molar-refractivity contribution < 1.29 is 4.42 Å². The summed E-state index contributed by atoms with van der Waals surface area (Å²) in [4.78, 5) is 0. The quantitative estimate of drug-likeness (QED) is 0.654. The molecular weight excluding hydrogens is 246 g/mol. The van der Waals surface area contributed by atoms with Gasteiger partial charge >= 0.3 is 0 Å². The van der Waals surface area contributed by atoms with Crippen LogP contribution in [0.4, 0.5) is 0 Å². The summed E-state index contributed by atoms with van der Waals surface area (Å²) in [5, 5.41) is 3.62. The number of unbranched alkanes of at least 4 members (excludes halogenated alkanes) is 4. The Morgan fingerprint density at radius 1 is 0.950 bits per heavy atom. The molecule has 1 N–H and O–H groups in total. The Kier molecular flexibility index (Phi) is 6.39. The minimum atomic E-state index is 0.164. The van der Waals surface area contributed by atoms with Crippen LogP contribution in [0.2, 0.25) is 0 Å². The molecule has 1 heterocycles. The highest BCUT2D eigenvalue weighted by Gasteiger charge is 2.15. The molecule has 0 fully saturated rings. The highest BCUT2D eigenvalue weighted by Crippen LogP contribution is 2.22. The minimum Gasteiger partial charge on any atom is -0.467 e. The molecular formula is C18H25NO. The molecule has 0 bridgehead atoms. The fourth-order valence-electron chi connectivity index (χ4n) is 2.46. The van der Waals surface area contributed by atoms with Crippen molar-refractivity contribution in [3.63, 3.8) is 0 Å². The van der Waals surface area contributed by atoms with Gasteiger partial charge in [-0.3, -0.25) is 0 Å². The van der Waals surface area contributed by atoms with Crippen molar-refractivity contribution in [2.24, 2.45) is 0 Å². The van der Waals surface area contributed by atoms with E-state index in [0.29, 0.717) is 0 Å². The number of nitrogens with one attached hydrogen (secondary N) is 1. The predicted molar refractivity (Wildman–Crippen MR) is 83.8 cm³/mol.